The van der Waals surface area contributed by atoms with Gasteiger partial charge in [0.05, 0.1) is 25.4 Å². The van der Waals surface area contributed by atoms with Crippen LogP contribution in [0.15, 0.2) is 11.1 Å². The zero-order valence-corrected chi connectivity index (χ0v) is 12.2. The number of rotatable bonds is 9. The lowest BCUT2D eigenvalue weighted by atomic mass is 9.86. The van der Waals surface area contributed by atoms with Crippen molar-refractivity contribution in [1.82, 2.24) is 0 Å². The Morgan fingerprint density at radius 1 is 0.889 bits per heavy atom. The third-order valence-electron chi connectivity index (χ3n) is 4.31. The quantitative estimate of drug-likeness (QED) is 0.456. The van der Waals surface area contributed by atoms with E-state index in [9.17, 15) is 0 Å². The van der Waals surface area contributed by atoms with Crippen LogP contribution in [0.3, 0.4) is 0 Å². The molecule has 18 heavy (non-hydrogen) atoms. The van der Waals surface area contributed by atoms with Crippen LogP contribution in [0.1, 0.15) is 59.3 Å². The average Bonchev–Trinajstić information content (AvgIpc) is 3.25. The Bertz CT molecular complexity index is 267. The summed E-state index contributed by atoms with van der Waals surface area (Å²) in [6.45, 7) is 8.86. The second kappa shape index (κ2) is 6.72. The van der Waals surface area contributed by atoms with Crippen LogP contribution in [-0.2, 0) is 9.47 Å². The first-order valence-electron chi connectivity index (χ1n) is 7.69. The Morgan fingerprint density at radius 2 is 1.33 bits per heavy atom. The predicted octanol–water partition coefficient (Wildman–Crippen LogP) is 4.10. The summed E-state index contributed by atoms with van der Waals surface area (Å²) < 4.78 is 10.8. The molecule has 0 spiro atoms. The molecule has 0 aliphatic carbocycles. The van der Waals surface area contributed by atoms with Gasteiger partial charge in [0.2, 0.25) is 0 Å². The van der Waals surface area contributed by atoms with Crippen molar-refractivity contribution in [2.24, 2.45) is 5.92 Å². The lowest BCUT2D eigenvalue weighted by molar-refractivity contribution is 0.304. The van der Waals surface area contributed by atoms with Gasteiger partial charge < -0.3 is 9.47 Å². The van der Waals surface area contributed by atoms with Crippen LogP contribution in [0.25, 0.3) is 0 Å². The lowest BCUT2D eigenvalue weighted by Gasteiger charge is -2.19. The first kappa shape index (κ1) is 14.1. The van der Waals surface area contributed by atoms with Crippen molar-refractivity contribution in [3.63, 3.8) is 0 Å². The van der Waals surface area contributed by atoms with Crippen molar-refractivity contribution in [3.8, 4) is 0 Å². The van der Waals surface area contributed by atoms with Crippen molar-refractivity contribution < 1.29 is 9.47 Å². The monoisotopic (exact) mass is 252 g/mol. The van der Waals surface area contributed by atoms with Crippen LogP contribution in [-0.4, -0.2) is 25.4 Å². The van der Waals surface area contributed by atoms with Gasteiger partial charge in [-0.1, -0.05) is 31.9 Å². The van der Waals surface area contributed by atoms with Crippen LogP contribution in [0, 0.1) is 5.92 Å². The van der Waals surface area contributed by atoms with Gasteiger partial charge in [0.1, 0.15) is 0 Å². The van der Waals surface area contributed by atoms with E-state index in [-0.39, 0.29) is 0 Å². The standard InChI is InChI=1S/C16H28O2/c1-4-13(5-2)14(6-3)7-12(8-15-10-17-15)9-16-11-18-16/h12,15-16H,4-11H2,1-3H3. The van der Waals surface area contributed by atoms with E-state index in [1.165, 1.54) is 38.5 Å². The molecule has 0 N–H and O–H groups in total. The summed E-state index contributed by atoms with van der Waals surface area (Å²) in [5, 5.41) is 0. The molecule has 0 amide bonds. The molecule has 2 nitrogen and oxygen atoms in total. The number of hydrogen-bond acceptors (Lipinski definition) is 2. The molecule has 2 aliphatic heterocycles. The van der Waals surface area contributed by atoms with Crippen LogP contribution < -0.4 is 0 Å². The van der Waals surface area contributed by atoms with E-state index in [0.29, 0.717) is 12.2 Å². The number of hydrogen-bond donors (Lipinski definition) is 0. The maximum Gasteiger partial charge on any atom is 0.0812 e. The summed E-state index contributed by atoms with van der Waals surface area (Å²) in [4.78, 5) is 0. The van der Waals surface area contributed by atoms with Gasteiger partial charge in [0.25, 0.3) is 0 Å². The maximum absolute atomic E-state index is 5.41. The minimum Gasteiger partial charge on any atom is -0.373 e. The van der Waals surface area contributed by atoms with Gasteiger partial charge in [-0.05, 0) is 44.4 Å². The van der Waals surface area contributed by atoms with Crippen molar-refractivity contribution in [2.75, 3.05) is 13.2 Å². The highest BCUT2D eigenvalue weighted by Gasteiger charge is 2.32. The van der Waals surface area contributed by atoms with Crippen molar-refractivity contribution in [2.45, 2.75) is 71.5 Å². The second-order valence-corrected chi connectivity index (χ2v) is 5.72. The molecule has 2 fully saturated rings. The predicted molar refractivity (Wildman–Crippen MR) is 74.7 cm³/mol. The third-order valence-corrected chi connectivity index (χ3v) is 4.31. The minimum absolute atomic E-state index is 0.554. The number of ether oxygens (including phenoxy) is 2. The normalized spacial score (nSPS) is 26.8. The Hall–Kier alpha value is -0.340. The van der Waals surface area contributed by atoms with Crippen LogP contribution in [0.2, 0.25) is 0 Å². The van der Waals surface area contributed by atoms with Gasteiger partial charge in [-0.2, -0.15) is 0 Å². The van der Waals surface area contributed by atoms with Crippen molar-refractivity contribution in [1.29, 1.82) is 0 Å². The minimum atomic E-state index is 0.554. The Kier molecular flexibility index (Phi) is 5.25. The number of allylic oxidation sites excluding steroid dienone is 2. The van der Waals surface area contributed by atoms with Crippen LogP contribution in [0.4, 0.5) is 0 Å². The van der Waals surface area contributed by atoms with Gasteiger partial charge >= 0.3 is 0 Å². The molecule has 0 aromatic carbocycles. The fourth-order valence-electron chi connectivity index (χ4n) is 3.05. The summed E-state index contributed by atoms with van der Waals surface area (Å²) >= 11 is 0. The van der Waals surface area contributed by atoms with E-state index in [0.717, 1.165) is 19.1 Å². The summed E-state index contributed by atoms with van der Waals surface area (Å²) in [5.41, 5.74) is 3.38. The molecule has 0 aromatic heterocycles. The van der Waals surface area contributed by atoms with E-state index in [1.54, 1.807) is 11.1 Å². The highest BCUT2D eigenvalue weighted by molar-refractivity contribution is 5.14. The molecule has 2 unspecified atom stereocenters. The molecule has 0 radical (unpaired) electrons. The molecular weight excluding hydrogens is 224 g/mol. The van der Waals surface area contributed by atoms with Crippen molar-refractivity contribution >= 4 is 0 Å². The smallest absolute Gasteiger partial charge is 0.0812 e. The third kappa shape index (κ3) is 4.40. The molecule has 2 heteroatoms. The molecule has 2 saturated heterocycles. The second-order valence-electron chi connectivity index (χ2n) is 5.72. The molecule has 0 bridgehead atoms. The van der Waals surface area contributed by atoms with E-state index in [4.69, 9.17) is 9.47 Å². The number of epoxide rings is 2. The van der Waals surface area contributed by atoms with Gasteiger partial charge in [-0.3, -0.25) is 0 Å². The fourth-order valence-corrected chi connectivity index (χ4v) is 3.05. The first-order chi connectivity index (χ1) is 8.76. The summed E-state index contributed by atoms with van der Waals surface area (Å²) in [6, 6.07) is 0. The molecule has 104 valence electrons. The van der Waals surface area contributed by atoms with Gasteiger partial charge in [-0.15, -0.1) is 0 Å². The van der Waals surface area contributed by atoms with E-state index in [1.807, 2.05) is 0 Å². The Balaban J connectivity index is 1.92. The maximum atomic E-state index is 5.41. The summed E-state index contributed by atoms with van der Waals surface area (Å²) in [5.74, 6) is 0.771. The summed E-state index contributed by atoms with van der Waals surface area (Å²) in [6.07, 6.45) is 8.50. The fraction of sp³-hybridized carbons (Fsp3) is 0.875. The molecule has 0 saturated carbocycles. The lowest BCUT2D eigenvalue weighted by Crippen LogP contribution is -2.10. The zero-order valence-electron chi connectivity index (χ0n) is 12.2. The van der Waals surface area contributed by atoms with Gasteiger partial charge in [-0.25, -0.2) is 0 Å². The Morgan fingerprint density at radius 3 is 1.67 bits per heavy atom. The average molecular weight is 252 g/mol. The van der Waals surface area contributed by atoms with E-state index >= 15 is 0 Å². The molecule has 2 aliphatic rings. The Labute approximate surface area is 112 Å². The van der Waals surface area contributed by atoms with Crippen LogP contribution in [0.5, 0.6) is 0 Å². The SMILES string of the molecule is CCC(CC)=C(CC)CC(CC1CO1)CC1CO1. The topological polar surface area (TPSA) is 25.1 Å². The first-order valence-corrected chi connectivity index (χ1v) is 7.69. The van der Waals surface area contributed by atoms with E-state index in [2.05, 4.69) is 20.8 Å². The largest absolute Gasteiger partial charge is 0.373 e. The molecule has 2 heterocycles. The highest BCUT2D eigenvalue weighted by Crippen LogP contribution is 2.33. The van der Waals surface area contributed by atoms with Gasteiger partial charge in [0, 0.05) is 0 Å². The highest BCUT2D eigenvalue weighted by atomic mass is 16.6. The molecule has 2 atom stereocenters. The van der Waals surface area contributed by atoms with Gasteiger partial charge in [0.15, 0.2) is 0 Å². The molecule has 0 aromatic rings. The van der Waals surface area contributed by atoms with E-state index < -0.39 is 0 Å². The summed E-state index contributed by atoms with van der Waals surface area (Å²) in [7, 11) is 0. The zero-order chi connectivity index (χ0) is 13.0. The van der Waals surface area contributed by atoms with Crippen molar-refractivity contribution in [3.05, 3.63) is 11.1 Å². The molecule has 2 rings (SSSR count). The molecular formula is C16H28O2. The van der Waals surface area contributed by atoms with Crippen LogP contribution >= 0.6 is 0 Å².